The van der Waals surface area contributed by atoms with Crippen molar-refractivity contribution in [3.63, 3.8) is 0 Å². The van der Waals surface area contributed by atoms with Crippen LogP contribution in [0.4, 0.5) is 20.2 Å². The van der Waals surface area contributed by atoms with Crippen LogP contribution in [0.3, 0.4) is 0 Å². The van der Waals surface area contributed by atoms with E-state index in [4.69, 9.17) is 5.73 Å². The first-order valence-corrected chi connectivity index (χ1v) is 9.87. The van der Waals surface area contributed by atoms with Crippen LogP contribution in [0.2, 0.25) is 0 Å². The number of nitrogens with two attached hydrogens (primary N) is 1. The number of sulfonamides is 1. The zero-order valence-electron chi connectivity index (χ0n) is 14.7. The fraction of sp³-hybridized carbons (Fsp3) is 0.278. The summed E-state index contributed by atoms with van der Waals surface area (Å²) >= 11 is 0. The summed E-state index contributed by atoms with van der Waals surface area (Å²) in [5.74, 6) is -2.12. The number of carbonyl (C=O) groups is 1. The Morgan fingerprint density at radius 1 is 1.07 bits per heavy atom. The quantitative estimate of drug-likeness (QED) is 0.676. The standard InChI is InChI=1S/C18H19F2N3O3S.ClH/c19-12-2-8-17(16(20)10-12)23-27(25,26)15-6-4-14(5-7-15)22-18(24)11-1-3-13(21)9-11;/h2,4-8,10-11,13,23H,1,3,9,21H2,(H,22,24);1H. The summed E-state index contributed by atoms with van der Waals surface area (Å²) in [4.78, 5) is 12.1. The first-order valence-electron chi connectivity index (χ1n) is 8.39. The van der Waals surface area contributed by atoms with Gasteiger partial charge < -0.3 is 11.1 Å². The number of hydrogen-bond donors (Lipinski definition) is 3. The van der Waals surface area contributed by atoms with Crippen LogP contribution < -0.4 is 15.8 Å². The van der Waals surface area contributed by atoms with Gasteiger partial charge in [0.05, 0.1) is 10.6 Å². The van der Waals surface area contributed by atoms with Crippen molar-refractivity contribution in [1.82, 2.24) is 0 Å². The zero-order chi connectivity index (χ0) is 19.6. The molecule has 1 amide bonds. The van der Waals surface area contributed by atoms with Crippen LogP contribution in [0, 0.1) is 17.6 Å². The van der Waals surface area contributed by atoms with Gasteiger partial charge in [0.15, 0.2) is 0 Å². The summed E-state index contributed by atoms with van der Waals surface area (Å²) in [6, 6.07) is 8.05. The lowest BCUT2D eigenvalue weighted by Crippen LogP contribution is -2.23. The number of hydrogen-bond acceptors (Lipinski definition) is 4. The highest BCUT2D eigenvalue weighted by molar-refractivity contribution is 7.92. The Morgan fingerprint density at radius 2 is 1.75 bits per heavy atom. The number of benzene rings is 2. The zero-order valence-corrected chi connectivity index (χ0v) is 16.3. The molecule has 10 heteroatoms. The van der Waals surface area contributed by atoms with E-state index >= 15 is 0 Å². The molecule has 0 spiro atoms. The molecule has 152 valence electrons. The predicted octanol–water partition coefficient (Wildman–Crippen LogP) is 3.25. The van der Waals surface area contributed by atoms with Gasteiger partial charge in [0, 0.05) is 23.7 Å². The Kier molecular flexibility index (Phi) is 6.97. The van der Waals surface area contributed by atoms with Crippen LogP contribution in [-0.2, 0) is 14.8 Å². The van der Waals surface area contributed by atoms with Gasteiger partial charge in [-0.15, -0.1) is 12.4 Å². The second kappa shape index (κ2) is 8.85. The highest BCUT2D eigenvalue weighted by Crippen LogP contribution is 2.26. The Bertz CT molecular complexity index is 955. The predicted molar refractivity (Wildman–Crippen MR) is 105 cm³/mol. The molecule has 1 aliphatic rings. The number of amides is 1. The van der Waals surface area contributed by atoms with E-state index in [0.29, 0.717) is 18.2 Å². The fourth-order valence-corrected chi connectivity index (χ4v) is 4.06. The lowest BCUT2D eigenvalue weighted by molar-refractivity contribution is -0.119. The highest BCUT2D eigenvalue weighted by atomic mass is 35.5. The van der Waals surface area contributed by atoms with Crippen LogP contribution >= 0.6 is 12.4 Å². The van der Waals surface area contributed by atoms with Crippen molar-refractivity contribution >= 4 is 39.7 Å². The Morgan fingerprint density at radius 3 is 2.32 bits per heavy atom. The van der Waals surface area contributed by atoms with Gasteiger partial charge in [0.25, 0.3) is 10.0 Å². The van der Waals surface area contributed by atoms with Gasteiger partial charge in [0.1, 0.15) is 11.6 Å². The molecule has 1 aliphatic carbocycles. The van der Waals surface area contributed by atoms with Gasteiger partial charge in [-0.25, -0.2) is 17.2 Å². The first kappa shape index (κ1) is 22.1. The lowest BCUT2D eigenvalue weighted by atomic mass is 10.1. The lowest BCUT2D eigenvalue weighted by Gasteiger charge is -2.12. The third kappa shape index (κ3) is 5.18. The molecule has 0 aliphatic heterocycles. The number of halogens is 3. The van der Waals surface area contributed by atoms with Crippen molar-refractivity contribution in [3.8, 4) is 0 Å². The first-order chi connectivity index (χ1) is 12.7. The van der Waals surface area contributed by atoms with Crippen molar-refractivity contribution in [2.75, 3.05) is 10.0 Å². The smallest absolute Gasteiger partial charge is 0.261 e. The molecular weight excluding hydrogens is 412 g/mol. The maximum absolute atomic E-state index is 13.7. The Labute approximate surface area is 168 Å². The van der Waals surface area contributed by atoms with Gasteiger partial charge in [-0.05, 0) is 55.7 Å². The van der Waals surface area contributed by atoms with Crippen LogP contribution in [0.25, 0.3) is 0 Å². The molecule has 0 radical (unpaired) electrons. The molecule has 0 saturated heterocycles. The summed E-state index contributed by atoms with van der Waals surface area (Å²) in [5, 5.41) is 2.74. The molecule has 1 saturated carbocycles. The van der Waals surface area contributed by atoms with Gasteiger partial charge in [-0.3, -0.25) is 9.52 Å². The largest absolute Gasteiger partial charge is 0.328 e. The van der Waals surface area contributed by atoms with Gasteiger partial charge in [0.2, 0.25) is 5.91 Å². The van der Waals surface area contributed by atoms with Gasteiger partial charge >= 0.3 is 0 Å². The third-order valence-electron chi connectivity index (χ3n) is 4.45. The molecule has 4 N–H and O–H groups in total. The summed E-state index contributed by atoms with van der Waals surface area (Å²) in [7, 11) is -4.06. The van der Waals surface area contributed by atoms with Crippen molar-refractivity contribution in [2.45, 2.75) is 30.2 Å². The van der Waals surface area contributed by atoms with E-state index in [1.807, 2.05) is 0 Å². The maximum Gasteiger partial charge on any atom is 0.261 e. The molecule has 3 rings (SSSR count). The second-order valence-corrected chi connectivity index (χ2v) is 8.20. The Balaban J connectivity index is 0.00000280. The molecule has 0 aromatic heterocycles. The molecule has 0 bridgehead atoms. The molecular formula is C18H20ClF2N3O3S. The molecule has 2 unspecified atom stereocenters. The molecule has 0 heterocycles. The highest BCUT2D eigenvalue weighted by Gasteiger charge is 2.27. The monoisotopic (exact) mass is 431 g/mol. The van der Waals surface area contributed by atoms with E-state index in [0.717, 1.165) is 25.0 Å². The molecule has 1 fully saturated rings. The topological polar surface area (TPSA) is 101 Å². The summed E-state index contributed by atoms with van der Waals surface area (Å²) in [6.45, 7) is 0. The molecule has 2 atom stereocenters. The van der Waals surface area contributed by atoms with E-state index in [9.17, 15) is 22.0 Å². The van der Waals surface area contributed by atoms with Crippen molar-refractivity contribution in [2.24, 2.45) is 11.7 Å². The Hall–Kier alpha value is -2.23. The van der Waals surface area contributed by atoms with E-state index in [1.54, 1.807) is 0 Å². The summed E-state index contributed by atoms with van der Waals surface area (Å²) in [6.07, 6.45) is 2.17. The summed E-state index contributed by atoms with van der Waals surface area (Å²) < 4.78 is 53.3. The number of rotatable bonds is 5. The average Bonchev–Trinajstić information content (AvgIpc) is 3.04. The van der Waals surface area contributed by atoms with Crippen molar-refractivity contribution in [1.29, 1.82) is 0 Å². The number of carbonyl (C=O) groups excluding carboxylic acids is 1. The third-order valence-corrected chi connectivity index (χ3v) is 5.83. The van der Waals surface area contributed by atoms with Crippen LogP contribution in [-0.4, -0.2) is 20.4 Å². The minimum absolute atomic E-state index is 0. The normalized spacial score (nSPS) is 19.0. The van der Waals surface area contributed by atoms with Gasteiger partial charge in [-0.2, -0.15) is 0 Å². The van der Waals surface area contributed by atoms with Crippen molar-refractivity contribution < 1.29 is 22.0 Å². The maximum atomic E-state index is 13.7. The van der Waals surface area contributed by atoms with Gasteiger partial charge in [-0.1, -0.05) is 0 Å². The van der Waals surface area contributed by atoms with Crippen LogP contribution in [0.5, 0.6) is 0 Å². The molecule has 2 aromatic rings. The fourth-order valence-electron chi connectivity index (χ4n) is 2.99. The van der Waals surface area contributed by atoms with E-state index in [-0.39, 0.29) is 40.9 Å². The number of anilines is 2. The van der Waals surface area contributed by atoms with E-state index in [1.165, 1.54) is 24.3 Å². The van der Waals surface area contributed by atoms with Crippen LogP contribution in [0.1, 0.15) is 19.3 Å². The number of nitrogens with one attached hydrogen (secondary N) is 2. The van der Waals surface area contributed by atoms with Crippen molar-refractivity contribution in [3.05, 3.63) is 54.1 Å². The van der Waals surface area contributed by atoms with E-state index in [2.05, 4.69) is 10.0 Å². The molecule has 6 nitrogen and oxygen atoms in total. The minimum Gasteiger partial charge on any atom is -0.328 e. The van der Waals surface area contributed by atoms with E-state index < -0.39 is 21.7 Å². The minimum atomic E-state index is -4.06. The SMILES string of the molecule is Cl.NC1CCC(C(=O)Nc2ccc(S(=O)(=O)Nc3ccc(F)cc3F)cc2)C1. The summed E-state index contributed by atoms with van der Waals surface area (Å²) in [5.41, 5.74) is 5.90. The van der Waals surface area contributed by atoms with Crippen LogP contribution in [0.15, 0.2) is 47.4 Å². The molecule has 2 aromatic carbocycles. The molecule has 28 heavy (non-hydrogen) atoms. The average molecular weight is 432 g/mol. The second-order valence-electron chi connectivity index (χ2n) is 6.51.